The zero-order valence-electron chi connectivity index (χ0n) is 10.3. The van der Waals surface area contributed by atoms with Crippen LogP contribution in [0.2, 0.25) is 0 Å². The highest BCUT2D eigenvalue weighted by Crippen LogP contribution is 2.43. The van der Waals surface area contributed by atoms with Crippen LogP contribution in [0.5, 0.6) is 5.75 Å². The fraction of sp³-hybridized carbons (Fsp3) is 0.500. The van der Waals surface area contributed by atoms with Crippen LogP contribution >= 0.6 is 0 Å². The second-order valence-corrected chi connectivity index (χ2v) is 5.34. The molecule has 1 aliphatic heterocycles. The molecule has 1 aromatic carbocycles. The van der Waals surface area contributed by atoms with E-state index in [4.69, 9.17) is 10.5 Å². The van der Waals surface area contributed by atoms with Gasteiger partial charge in [-0.1, -0.05) is 18.2 Å². The maximum atomic E-state index is 12.0. The second kappa shape index (κ2) is 4.28. The van der Waals surface area contributed by atoms with Crippen LogP contribution in [0.3, 0.4) is 0 Å². The molecule has 4 nitrogen and oxygen atoms in total. The number of hydrogen-bond acceptors (Lipinski definition) is 3. The summed E-state index contributed by atoms with van der Waals surface area (Å²) in [7, 11) is 0. The maximum absolute atomic E-state index is 12.0. The van der Waals surface area contributed by atoms with Crippen LogP contribution in [0.1, 0.15) is 18.4 Å². The van der Waals surface area contributed by atoms with Crippen molar-refractivity contribution in [2.24, 2.45) is 11.1 Å². The van der Waals surface area contributed by atoms with Gasteiger partial charge in [0.15, 0.2) is 6.10 Å². The molecule has 96 valence electrons. The highest BCUT2D eigenvalue weighted by Gasteiger charge is 2.42. The van der Waals surface area contributed by atoms with Gasteiger partial charge in [-0.2, -0.15) is 0 Å². The summed E-state index contributed by atoms with van der Waals surface area (Å²) < 4.78 is 5.64. The molecule has 0 aromatic heterocycles. The number of carbonyl (C=O) groups excluding carboxylic acids is 1. The van der Waals surface area contributed by atoms with Crippen molar-refractivity contribution in [3.63, 3.8) is 0 Å². The minimum absolute atomic E-state index is 0.0223. The van der Waals surface area contributed by atoms with Gasteiger partial charge < -0.3 is 15.8 Å². The van der Waals surface area contributed by atoms with E-state index >= 15 is 0 Å². The van der Waals surface area contributed by atoms with Crippen molar-refractivity contribution in [3.8, 4) is 5.75 Å². The summed E-state index contributed by atoms with van der Waals surface area (Å²) in [5, 5.41) is 2.97. The van der Waals surface area contributed by atoms with E-state index in [1.54, 1.807) is 0 Å². The molecule has 3 N–H and O–H groups in total. The molecule has 1 aliphatic carbocycles. The van der Waals surface area contributed by atoms with E-state index in [9.17, 15) is 4.79 Å². The summed E-state index contributed by atoms with van der Waals surface area (Å²) in [6.45, 7) is 1.33. The lowest BCUT2D eigenvalue weighted by molar-refractivity contribution is -0.127. The zero-order valence-corrected chi connectivity index (χ0v) is 10.3. The van der Waals surface area contributed by atoms with E-state index in [0.717, 1.165) is 24.2 Å². The van der Waals surface area contributed by atoms with Crippen molar-refractivity contribution in [1.82, 2.24) is 5.32 Å². The van der Waals surface area contributed by atoms with Crippen LogP contribution < -0.4 is 15.8 Å². The van der Waals surface area contributed by atoms with Crippen molar-refractivity contribution in [3.05, 3.63) is 29.8 Å². The third-order valence-corrected chi connectivity index (χ3v) is 3.97. The average molecular weight is 246 g/mol. The van der Waals surface area contributed by atoms with Crippen molar-refractivity contribution >= 4 is 5.91 Å². The minimum atomic E-state index is -0.379. The van der Waals surface area contributed by atoms with Crippen LogP contribution in [0.4, 0.5) is 0 Å². The fourth-order valence-electron chi connectivity index (χ4n) is 2.35. The van der Waals surface area contributed by atoms with Crippen molar-refractivity contribution in [2.45, 2.75) is 25.4 Å². The SMILES string of the molecule is NCC1(CNC(=O)C2Cc3ccccc3O2)CC1. The van der Waals surface area contributed by atoms with E-state index in [1.807, 2.05) is 24.3 Å². The zero-order chi connectivity index (χ0) is 12.6. The quantitative estimate of drug-likeness (QED) is 0.827. The second-order valence-electron chi connectivity index (χ2n) is 5.34. The Kier molecular flexibility index (Phi) is 2.74. The van der Waals surface area contributed by atoms with Gasteiger partial charge in [-0.15, -0.1) is 0 Å². The predicted molar refractivity (Wildman–Crippen MR) is 68.3 cm³/mol. The highest BCUT2D eigenvalue weighted by molar-refractivity contribution is 5.82. The summed E-state index contributed by atoms with van der Waals surface area (Å²) in [6.07, 6.45) is 2.53. The lowest BCUT2D eigenvalue weighted by atomic mass is 10.1. The van der Waals surface area contributed by atoms with E-state index < -0.39 is 0 Å². The maximum Gasteiger partial charge on any atom is 0.261 e. The number of nitrogens with one attached hydrogen (secondary N) is 1. The Morgan fingerprint density at radius 2 is 2.22 bits per heavy atom. The van der Waals surface area contributed by atoms with Crippen LogP contribution in [-0.4, -0.2) is 25.1 Å². The van der Waals surface area contributed by atoms with Gasteiger partial charge in [-0.25, -0.2) is 0 Å². The number of hydrogen-bond donors (Lipinski definition) is 2. The van der Waals surface area contributed by atoms with Gasteiger partial charge >= 0.3 is 0 Å². The normalized spacial score (nSPS) is 23.1. The van der Waals surface area contributed by atoms with Gasteiger partial charge in [-0.3, -0.25) is 4.79 Å². The summed E-state index contributed by atoms with van der Waals surface area (Å²) in [5.41, 5.74) is 6.97. The molecule has 1 amide bonds. The largest absolute Gasteiger partial charge is 0.480 e. The van der Waals surface area contributed by atoms with Crippen LogP contribution in [0.25, 0.3) is 0 Å². The molecular formula is C14H18N2O2. The molecule has 18 heavy (non-hydrogen) atoms. The Balaban J connectivity index is 1.56. The summed E-state index contributed by atoms with van der Waals surface area (Å²) in [6, 6.07) is 7.80. The monoisotopic (exact) mass is 246 g/mol. The minimum Gasteiger partial charge on any atom is -0.480 e. The molecule has 1 aromatic rings. The van der Waals surface area contributed by atoms with E-state index in [1.165, 1.54) is 0 Å². The third-order valence-electron chi connectivity index (χ3n) is 3.97. The Labute approximate surface area is 107 Å². The first kappa shape index (κ1) is 11.5. The Bertz CT molecular complexity index is 444. The molecule has 1 saturated carbocycles. The van der Waals surface area contributed by atoms with Gasteiger partial charge in [0, 0.05) is 13.0 Å². The Morgan fingerprint density at radius 1 is 1.44 bits per heavy atom. The highest BCUT2D eigenvalue weighted by atomic mass is 16.5. The number of nitrogens with two attached hydrogens (primary N) is 1. The lowest BCUT2D eigenvalue weighted by Crippen LogP contribution is -2.41. The van der Waals surface area contributed by atoms with Gasteiger partial charge in [0.25, 0.3) is 5.91 Å². The van der Waals surface area contributed by atoms with Crippen LogP contribution in [-0.2, 0) is 11.2 Å². The molecule has 0 saturated heterocycles. The molecule has 0 radical (unpaired) electrons. The van der Waals surface area contributed by atoms with Crippen LogP contribution in [0, 0.1) is 5.41 Å². The topological polar surface area (TPSA) is 64.3 Å². The number of ether oxygens (including phenoxy) is 1. The number of rotatable bonds is 4. The predicted octanol–water partition coefficient (Wildman–Crippen LogP) is 0.845. The van der Waals surface area contributed by atoms with Crippen molar-refractivity contribution < 1.29 is 9.53 Å². The standard InChI is InChI=1S/C14H18N2O2/c15-8-14(5-6-14)9-16-13(17)12-7-10-3-1-2-4-11(10)18-12/h1-4,12H,5-9,15H2,(H,16,17). The molecule has 3 rings (SSSR count). The molecule has 4 heteroatoms. The molecule has 0 bridgehead atoms. The summed E-state index contributed by atoms with van der Waals surface area (Å²) in [4.78, 5) is 12.0. The van der Waals surface area contributed by atoms with Gasteiger partial charge in [0.2, 0.25) is 0 Å². The third kappa shape index (κ3) is 2.08. The molecule has 0 spiro atoms. The van der Waals surface area contributed by atoms with Gasteiger partial charge in [-0.05, 0) is 36.4 Å². The van der Waals surface area contributed by atoms with Gasteiger partial charge in [0.05, 0.1) is 0 Å². The van der Waals surface area contributed by atoms with E-state index in [-0.39, 0.29) is 17.4 Å². The summed E-state index contributed by atoms with van der Waals surface area (Å²) >= 11 is 0. The molecular weight excluding hydrogens is 228 g/mol. The van der Waals surface area contributed by atoms with E-state index in [0.29, 0.717) is 19.5 Å². The van der Waals surface area contributed by atoms with Crippen molar-refractivity contribution in [1.29, 1.82) is 0 Å². The molecule has 1 unspecified atom stereocenters. The Hall–Kier alpha value is -1.55. The summed E-state index contributed by atoms with van der Waals surface area (Å²) in [5.74, 6) is 0.809. The molecule has 1 fully saturated rings. The first-order valence-electron chi connectivity index (χ1n) is 6.45. The number of benzene rings is 1. The lowest BCUT2D eigenvalue weighted by Gasteiger charge is -2.16. The first-order chi connectivity index (χ1) is 8.72. The van der Waals surface area contributed by atoms with E-state index in [2.05, 4.69) is 5.32 Å². The first-order valence-corrected chi connectivity index (χ1v) is 6.45. The number of para-hydroxylation sites is 1. The molecule has 1 atom stereocenters. The fourth-order valence-corrected chi connectivity index (χ4v) is 2.35. The van der Waals surface area contributed by atoms with Crippen molar-refractivity contribution in [2.75, 3.05) is 13.1 Å². The van der Waals surface area contributed by atoms with Gasteiger partial charge in [0.1, 0.15) is 5.75 Å². The number of amides is 1. The average Bonchev–Trinajstić information content (AvgIpc) is 3.05. The smallest absolute Gasteiger partial charge is 0.261 e. The Morgan fingerprint density at radius 3 is 2.89 bits per heavy atom. The number of fused-ring (bicyclic) bond motifs is 1. The number of carbonyl (C=O) groups is 1. The van der Waals surface area contributed by atoms with Crippen LogP contribution in [0.15, 0.2) is 24.3 Å². The molecule has 2 aliphatic rings. The molecule has 1 heterocycles.